The summed E-state index contributed by atoms with van der Waals surface area (Å²) >= 11 is 0. The minimum Gasteiger partial charge on any atom is -0.505 e. The topological polar surface area (TPSA) is 52.5 Å². The molecule has 0 fully saturated rings. The van der Waals surface area contributed by atoms with E-state index >= 15 is 0 Å². The van der Waals surface area contributed by atoms with Crippen LogP contribution in [0.5, 0.6) is 5.75 Å². The van der Waals surface area contributed by atoms with Crippen molar-refractivity contribution in [3.05, 3.63) is 29.6 Å². The van der Waals surface area contributed by atoms with E-state index in [0.717, 1.165) is 25.5 Å². The molecule has 0 spiro atoms. The van der Waals surface area contributed by atoms with Crippen molar-refractivity contribution in [2.75, 3.05) is 13.1 Å². The zero-order chi connectivity index (χ0) is 12.0. The Kier molecular flexibility index (Phi) is 5.22. The van der Waals surface area contributed by atoms with Crippen LogP contribution in [0.1, 0.15) is 31.4 Å². The van der Waals surface area contributed by atoms with Gasteiger partial charge in [-0.05, 0) is 30.7 Å². The largest absolute Gasteiger partial charge is 0.505 e. The van der Waals surface area contributed by atoms with Crippen molar-refractivity contribution < 1.29 is 14.6 Å². The van der Waals surface area contributed by atoms with Gasteiger partial charge in [0, 0.05) is 6.54 Å². The molecule has 90 valence electrons. The Balaban J connectivity index is 2.46. The second-order valence-electron chi connectivity index (χ2n) is 3.78. The van der Waals surface area contributed by atoms with Crippen molar-refractivity contribution in [3.63, 3.8) is 0 Å². The summed E-state index contributed by atoms with van der Waals surface area (Å²) in [6.45, 7) is 3.35. The molecule has 0 saturated carbocycles. The second kappa shape index (κ2) is 6.45. The van der Waals surface area contributed by atoms with Crippen molar-refractivity contribution in [2.45, 2.75) is 25.9 Å². The fraction of sp³-hybridized carbons (Fsp3) is 0.500. The number of aliphatic hydroxyl groups excluding tert-OH is 1. The summed E-state index contributed by atoms with van der Waals surface area (Å²) in [6, 6.07) is 3.88. The summed E-state index contributed by atoms with van der Waals surface area (Å²) in [5.74, 6) is -1.10. The third kappa shape index (κ3) is 3.79. The molecule has 16 heavy (non-hydrogen) atoms. The van der Waals surface area contributed by atoms with E-state index in [9.17, 15) is 9.50 Å². The summed E-state index contributed by atoms with van der Waals surface area (Å²) in [6.07, 6.45) is 1.44. The SMILES string of the molecule is CCCCNCC(O)c1ccc(F)c(O)c1. The number of unbranched alkanes of at least 4 members (excludes halogenated alkanes) is 1. The smallest absolute Gasteiger partial charge is 0.164 e. The summed E-state index contributed by atoms with van der Waals surface area (Å²) in [5, 5.41) is 22.0. The van der Waals surface area contributed by atoms with Gasteiger partial charge in [0.25, 0.3) is 0 Å². The molecule has 0 aliphatic rings. The number of aliphatic hydroxyl groups is 1. The lowest BCUT2D eigenvalue weighted by Gasteiger charge is -2.12. The molecule has 1 aromatic carbocycles. The van der Waals surface area contributed by atoms with Crippen LogP contribution in [-0.2, 0) is 0 Å². The molecule has 4 heteroatoms. The Morgan fingerprint density at radius 2 is 2.19 bits per heavy atom. The fourth-order valence-corrected chi connectivity index (χ4v) is 1.40. The number of rotatable bonds is 6. The van der Waals surface area contributed by atoms with Gasteiger partial charge in [-0.2, -0.15) is 0 Å². The first-order valence-corrected chi connectivity index (χ1v) is 5.52. The van der Waals surface area contributed by atoms with Crippen molar-refractivity contribution in [1.29, 1.82) is 0 Å². The Morgan fingerprint density at radius 3 is 2.81 bits per heavy atom. The number of aromatic hydroxyl groups is 1. The molecule has 3 N–H and O–H groups in total. The third-order valence-electron chi connectivity index (χ3n) is 2.40. The van der Waals surface area contributed by atoms with E-state index in [1.807, 2.05) is 0 Å². The molecule has 3 nitrogen and oxygen atoms in total. The Morgan fingerprint density at radius 1 is 1.44 bits per heavy atom. The molecule has 1 aromatic rings. The van der Waals surface area contributed by atoms with Crippen molar-refractivity contribution in [2.24, 2.45) is 0 Å². The van der Waals surface area contributed by atoms with Gasteiger partial charge in [0.1, 0.15) is 0 Å². The van der Waals surface area contributed by atoms with Crippen molar-refractivity contribution in [3.8, 4) is 5.75 Å². The van der Waals surface area contributed by atoms with Crippen LogP contribution in [0.15, 0.2) is 18.2 Å². The monoisotopic (exact) mass is 227 g/mol. The van der Waals surface area contributed by atoms with E-state index in [4.69, 9.17) is 5.11 Å². The molecular formula is C12H18FNO2. The third-order valence-corrected chi connectivity index (χ3v) is 2.40. The zero-order valence-corrected chi connectivity index (χ0v) is 9.41. The maximum Gasteiger partial charge on any atom is 0.164 e. The van der Waals surface area contributed by atoms with Crippen LogP contribution in [-0.4, -0.2) is 23.3 Å². The lowest BCUT2D eigenvalue weighted by Crippen LogP contribution is -2.22. The highest BCUT2D eigenvalue weighted by molar-refractivity contribution is 5.30. The molecule has 0 aliphatic carbocycles. The number of benzene rings is 1. The van der Waals surface area contributed by atoms with Gasteiger partial charge < -0.3 is 15.5 Å². The minimum atomic E-state index is -0.719. The van der Waals surface area contributed by atoms with Crippen molar-refractivity contribution in [1.82, 2.24) is 5.32 Å². The molecule has 0 saturated heterocycles. The highest BCUT2D eigenvalue weighted by Crippen LogP contribution is 2.21. The van der Waals surface area contributed by atoms with Crippen LogP contribution < -0.4 is 5.32 Å². The van der Waals surface area contributed by atoms with Crippen LogP contribution in [0, 0.1) is 5.82 Å². The number of phenolic OH excluding ortho intramolecular Hbond substituents is 1. The first-order valence-electron chi connectivity index (χ1n) is 5.52. The predicted octanol–water partition coefficient (Wildman–Crippen LogP) is 1.95. The molecule has 0 bridgehead atoms. The van der Waals surface area contributed by atoms with E-state index < -0.39 is 17.7 Å². The van der Waals surface area contributed by atoms with E-state index in [1.54, 1.807) is 0 Å². The molecule has 1 atom stereocenters. The number of hydrogen-bond acceptors (Lipinski definition) is 3. The van der Waals surface area contributed by atoms with E-state index in [2.05, 4.69) is 12.2 Å². The van der Waals surface area contributed by atoms with Gasteiger partial charge in [-0.25, -0.2) is 4.39 Å². The molecule has 0 heterocycles. The van der Waals surface area contributed by atoms with Gasteiger partial charge in [0.2, 0.25) is 0 Å². The number of hydrogen-bond donors (Lipinski definition) is 3. The van der Waals surface area contributed by atoms with E-state index in [0.29, 0.717) is 12.1 Å². The normalized spacial score (nSPS) is 12.7. The van der Waals surface area contributed by atoms with Gasteiger partial charge in [-0.3, -0.25) is 0 Å². The maximum absolute atomic E-state index is 12.8. The second-order valence-corrected chi connectivity index (χ2v) is 3.78. The van der Waals surface area contributed by atoms with Gasteiger partial charge in [-0.15, -0.1) is 0 Å². The molecule has 0 aromatic heterocycles. The summed E-state index contributed by atoms with van der Waals surface area (Å²) < 4.78 is 12.8. The Bertz CT molecular complexity index is 331. The standard InChI is InChI=1S/C12H18FNO2/c1-2-3-6-14-8-12(16)9-4-5-10(13)11(15)7-9/h4-5,7,12,14-16H,2-3,6,8H2,1H3. The highest BCUT2D eigenvalue weighted by atomic mass is 19.1. The molecule has 0 radical (unpaired) electrons. The van der Waals surface area contributed by atoms with E-state index in [1.165, 1.54) is 12.1 Å². The van der Waals surface area contributed by atoms with Gasteiger partial charge >= 0.3 is 0 Å². The lowest BCUT2D eigenvalue weighted by atomic mass is 10.1. The van der Waals surface area contributed by atoms with Crippen molar-refractivity contribution >= 4 is 0 Å². The Hall–Kier alpha value is -1.13. The first kappa shape index (κ1) is 12.9. The summed E-state index contributed by atoms with van der Waals surface area (Å²) in [4.78, 5) is 0. The quantitative estimate of drug-likeness (QED) is 0.651. The molecule has 0 aliphatic heterocycles. The van der Waals surface area contributed by atoms with Crippen LogP contribution in [0.2, 0.25) is 0 Å². The van der Waals surface area contributed by atoms with Crippen LogP contribution in [0.4, 0.5) is 4.39 Å². The van der Waals surface area contributed by atoms with Crippen LogP contribution in [0.25, 0.3) is 0 Å². The first-order chi connectivity index (χ1) is 7.65. The zero-order valence-electron chi connectivity index (χ0n) is 9.41. The fourth-order valence-electron chi connectivity index (χ4n) is 1.40. The van der Waals surface area contributed by atoms with Gasteiger partial charge in [0.15, 0.2) is 11.6 Å². The average Bonchev–Trinajstić information content (AvgIpc) is 2.28. The molecule has 1 unspecified atom stereocenters. The molecular weight excluding hydrogens is 209 g/mol. The maximum atomic E-state index is 12.8. The summed E-state index contributed by atoms with van der Waals surface area (Å²) in [5.41, 5.74) is 0.517. The average molecular weight is 227 g/mol. The van der Waals surface area contributed by atoms with Gasteiger partial charge in [0.05, 0.1) is 6.10 Å². The highest BCUT2D eigenvalue weighted by Gasteiger charge is 2.09. The predicted molar refractivity (Wildman–Crippen MR) is 60.8 cm³/mol. The number of nitrogens with one attached hydrogen (secondary N) is 1. The lowest BCUT2D eigenvalue weighted by molar-refractivity contribution is 0.174. The molecule has 1 rings (SSSR count). The summed E-state index contributed by atoms with van der Waals surface area (Å²) in [7, 11) is 0. The van der Waals surface area contributed by atoms with Crippen LogP contribution in [0.3, 0.4) is 0 Å². The minimum absolute atomic E-state index is 0.408. The molecule has 0 amide bonds. The van der Waals surface area contributed by atoms with E-state index in [-0.39, 0.29) is 0 Å². The number of halogens is 1. The number of phenols is 1. The van der Waals surface area contributed by atoms with Gasteiger partial charge in [-0.1, -0.05) is 19.4 Å². The Labute approximate surface area is 94.9 Å². The van der Waals surface area contributed by atoms with Crippen LogP contribution >= 0.6 is 0 Å².